The van der Waals surface area contributed by atoms with E-state index in [1.165, 1.54) is 0 Å². The maximum absolute atomic E-state index is 12.2. The molecule has 0 aliphatic rings. The first-order chi connectivity index (χ1) is 8.90. The number of hydrogen-bond acceptors (Lipinski definition) is 4. The van der Waals surface area contributed by atoms with Gasteiger partial charge >= 0.3 is 0 Å². The van der Waals surface area contributed by atoms with E-state index in [1.807, 2.05) is 14.1 Å². The molecule has 0 saturated carbocycles. The van der Waals surface area contributed by atoms with Crippen molar-refractivity contribution in [2.24, 2.45) is 5.92 Å². The fraction of sp³-hybridized carbons (Fsp3) is 0.571. The molecular weight excluding hydrogens is 240 g/mol. The van der Waals surface area contributed by atoms with Crippen LogP contribution in [0.1, 0.15) is 30.8 Å². The molecule has 0 aliphatic heterocycles. The van der Waals surface area contributed by atoms with E-state index in [0.29, 0.717) is 17.3 Å². The standard InChI is InChI=1S/C14H24N4O/c1-10(2)8-11(9-18(3)4)17-14(19)13-12(15)6-5-7-16-13/h5-7,10-11H,8-9,15H2,1-4H3,(H,17,19). The minimum atomic E-state index is -0.203. The monoisotopic (exact) mass is 264 g/mol. The zero-order valence-corrected chi connectivity index (χ0v) is 12.2. The lowest BCUT2D eigenvalue weighted by Gasteiger charge is -2.24. The molecule has 1 amide bonds. The Kier molecular flexibility index (Phi) is 5.76. The van der Waals surface area contributed by atoms with Crippen LogP contribution >= 0.6 is 0 Å². The number of carbonyl (C=O) groups is 1. The Morgan fingerprint density at radius 3 is 2.68 bits per heavy atom. The SMILES string of the molecule is CC(C)CC(CN(C)C)NC(=O)c1ncccc1N. The van der Waals surface area contributed by atoms with Gasteiger partial charge in [-0.1, -0.05) is 13.8 Å². The molecule has 5 nitrogen and oxygen atoms in total. The third-order valence-corrected chi connectivity index (χ3v) is 2.73. The van der Waals surface area contributed by atoms with Crippen molar-refractivity contribution < 1.29 is 4.79 Å². The number of anilines is 1. The summed E-state index contributed by atoms with van der Waals surface area (Å²) in [4.78, 5) is 18.3. The van der Waals surface area contributed by atoms with E-state index in [0.717, 1.165) is 13.0 Å². The van der Waals surface area contributed by atoms with Crippen LogP contribution in [0.2, 0.25) is 0 Å². The van der Waals surface area contributed by atoms with Gasteiger partial charge in [-0.3, -0.25) is 4.79 Å². The molecule has 1 heterocycles. The van der Waals surface area contributed by atoms with E-state index in [1.54, 1.807) is 18.3 Å². The van der Waals surface area contributed by atoms with Crippen molar-refractivity contribution in [3.63, 3.8) is 0 Å². The number of nitrogens with zero attached hydrogens (tertiary/aromatic N) is 2. The number of rotatable bonds is 6. The molecular formula is C14H24N4O. The van der Waals surface area contributed by atoms with Gasteiger partial charge < -0.3 is 16.0 Å². The largest absolute Gasteiger partial charge is 0.397 e. The Bertz CT molecular complexity index is 408. The molecule has 0 aromatic carbocycles. The van der Waals surface area contributed by atoms with Crippen LogP contribution in [-0.2, 0) is 0 Å². The van der Waals surface area contributed by atoms with Crippen molar-refractivity contribution >= 4 is 11.6 Å². The fourth-order valence-electron chi connectivity index (χ4n) is 2.05. The average molecular weight is 264 g/mol. The highest BCUT2D eigenvalue weighted by atomic mass is 16.2. The van der Waals surface area contributed by atoms with E-state index in [4.69, 9.17) is 5.73 Å². The molecule has 0 aliphatic carbocycles. The average Bonchev–Trinajstić information content (AvgIpc) is 2.27. The lowest BCUT2D eigenvalue weighted by molar-refractivity contribution is 0.0920. The summed E-state index contributed by atoms with van der Waals surface area (Å²) in [5.41, 5.74) is 6.48. The number of nitrogen functional groups attached to an aromatic ring is 1. The maximum atomic E-state index is 12.2. The normalized spacial score (nSPS) is 12.7. The van der Waals surface area contributed by atoms with Gasteiger partial charge in [0.05, 0.1) is 5.69 Å². The van der Waals surface area contributed by atoms with Crippen LogP contribution in [0.15, 0.2) is 18.3 Å². The number of carbonyl (C=O) groups excluding carboxylic acids is 1. The predicted molar refractivity (Wildman–Crippen MR) is 77.9 cm³/mol. The third kappa shape index (κ3) is 5.26. The van der Waals surface area contributed by atoms with E-state index >= 15 is 0 Å². The molecule has 0 radical (unpaired) electrons. The Balaban J connectivity index is 2.73. The molecule has 106 valence electrons. The predicted octanol–water partition coefficient (Wildman–Crippen LogP) is 1.37. The van der Waals surface area contributed by atoms with Crippen LogP contribution in [0.25, 0.3) is 0 Å². The summed E-state index contributed by atoms with van der Waals surface area (Å²) in [6.07, 6.45) is 2.51. The van der Waals surface area contributed by atoms with Gasteiger partial charge in [0.2, 0.25) is 0 Å². The first-order valence-corrected chi connectivity index (χ1v) is 6.56. The van der Waals surface area contributed by atoms with Crippen LogP contribution in [0.5, 0.6) is 0 Å². The number of hydrogen-bond donors (Lipinski definition) is 2. The van der Waals surface area contributed by atoms with Crippen LogP contribution < -0.4 is 11.1 Å². The second kappa shape index (κ2) is 7.09. The summed E-state index contributed by atoms with van der Waals surface area (Å²) in [5, 5.41) is 3.01. The second-order valence-electron chi connectivity index (χ2n) is 5.50. The van der Waals surface area contributed by atoms with Gasteiger partial charge in [0.25, 0.3) is 5.91 Å². The highest BCUT2D eigenvalue weighted by Gasteiger charge is 2.18. The van der Waals surface area contributed by atoms with Crippen LogP contribution in [0, 0.1) is 5.92 Å². The number of aromatic nitrogens is 1. The number of pyridine rings is 1. The van der Waals surface area contributed by atoms with Crippen LogP contribution in [-0.4, -0.2) is 42.5 Å². The van der Waals surface area contributed by atoms with Crippen molar-refractivity contribution in [1.82, 2.24) is 15.2 Å². The molecule has 0 saturated heterocycles. The van der Waals surface area contributed by atoms with Crippen molar-refractivity contribution in [3.8, 4) is 0 Å². The lowest BCUT2D eigenvalue weighted by atomic mass is 10.0. The van der Waals surface area contributed by atoms with Crippen LogP contribution in [0.4, 0.5) is 5.69 Å². The van der Waals surface area contributed by atoms with Gasteiger partial charge in [-0.15, -0.1) is 0 Å². The van der Waals surface area contributed by atoms with Gasteiger partial charge in [0.15, 0.2) is 5.69 Å². The molecule has 3 N–H and O–H groups in total. The van der Waals surface area contributed by atoms with Crippen LogP contribution in [0.3, 0.4) is 0 Å². The number of likely N-dealkylation sites (N-methyl/N-ethyl adjacent to an activating group) is 1. The van der Waals surface area contributed by atoms with Gasteiger partial charge in [0.1, 0.15) is 0 Å². The van der Waals surface area contributed by atoms with E-state index in [9.17, 15) is 4.79 Å². The van der Waals surface area contributed by atoms with Crippen molar-refractivity contribution in [1.29, 1.82) is 0 Å². The van der Waals surface area contributed by atoms with E-state index in [-0.39, 0.29) is 11.9 Å². The first kappa shape index (κ1) is 15.4. The summed E-state index contributed by atoms with van der Waals surface area (Å²) in [7, 11) is 3.99. The zero-order valence-electron chi connectivity index (χ0n) is 12.2. The van der Waals surface area contributed by atoms with E-state index < -0.39 is 0 Å². The minimum absolute atomic E-state index is 0.101. The lowest BCUT2D eigenvalue weighted by Crippen LogP contribution is -2.43. The second-order valence-corrected chi connectivity index (χ2v) is 5.50. The molecule has 1 aromatic heterocycles. The summed E-state index contributed by atoms with van der Waals surface area (Å²) in [6, 6.07) is 3.51. The summed E-state index contributed by atoms with van der Waals surface area (Å²) >= 11 is 0. The quantitative estimate of drug-likeness (QED) is 0.814. The van der Waals surface area contributed by atoms with Crippen molar-refractivity contribution in [2.75, 3.05) is 26.4 Å². The Morgan fingerprint density at radius 1 is 1.47 bits per heavy atom. The Labute approximate surface area is 115 Å². The van der Waals surface area contributed by atoms with Gasteiger partial charge in [-0.25, -0.2) is 4.98 Å². The third-order valence-electron chi connectivity index (χ3n) is 2.73. The summed E-state index contributed by atoms with van der Waals surface area (Å²) in [5.74, 6) is 0.317. The summed E-state index contributed by atoms with van der Waals surface area (Å²) < 4.78 is 0. The molecule has 1 atom stereocenters. The molecule has 0 fully saturated rings. The van der Waals surface area contributed by atoms with E-state index in [2.05, 4.69) is 29.0 Å². The van der Waals surface area contributed by atoms with Gasteiger partial charge in [-0.2, -0.15) is 0 Å². The van der Waals surface area contributed by atoms with Crippen molar-refractivity contribution in [2.45, 2.75) is 26.3 Å². The molecule has 0 bridgehead atoms. The number of amides is 1. The highest BCUT2D eigenvalue weighted by Crippen LogP contribution is 2.10. The van der Waals surface area contributed by atoms with Gasteiger partial charge in [-0.05, 0) is 38.6 Å². The maximum Gasteiger partial charge on any atom is 0.272 e. The molecule has 5 heteroatoms. The minimum Gasteiger partial charge on any atom is -0.397 e. The Morgan fingerprint density at radius 2 is 2.16 bits per heavy atom. The highest BCUT2D eigenvalue weighted by molar-refractivity contribution is 5.97. The Hall–Kier alpha value is -1.62. The fourth-order valence-corrected chi connectivity index (χ4v) is 2.05. The number of nitrogens with two attached hydrogens (primary N) is 1. The van der Waals surface area contributed by atoms with Crippen molar-refractivity contribution in [3.05, 3.63) is 24.0 Å². The topological polar surface area (TPSA) is 71.2 Å². The molecule has 1 aromatic rings. The molecule has 0 spiro atoms. The molecule has 1 rings (SSSR count). The smallest absolute Gasteiger partial charge is 0.272 e. The van der Waals surface area contributed by atoms with Gasteiger partial charge in [0, 0.05) is 18.8 Å². The molecule has 19 heavy (non-hydrogen) atoms. The molecule has 1 unspecified atom stereocenters. The number of nitrogens with one attached hydrogen (secondary N) is 1. The summed E-state index contributed by atoms with van der Waals surface area (Å²) in [6.45, 7) is 5.09. The zero-order chi connectivity index (χ0) is 14.4. The first-order valence-electron chi connectivity index (χ1n) is 6.56.